The third kappa shape index (κ3) is 1.94. The number of ether oxygens (including phenoxy) is 1. The Morgan fingerprint density at radius 2 is 1.78 bits per heavy atom. The van der Waals surface area contributed by atoms with Crippen LogP contribution in [0.3, 0.4) is 0 Å². The Morgan fingerprint density at radius 1 is 1.06 bits per heavy atom. The lowest BCUT2D eigenvalue weighted by atomic mass is 9.84. The lowest BCUT2D eigenvalue weighted by Crippen LogP contribution is -2.23. The van der Waals surface area contributed by atoms with Crippen LogP contribution in [0, 0.1) is 0 Å². The molecule has 2 unspecified atom stereocenters. The molecule has 2 aromatic rings. The maximum Gasteiger partial charge on any atom is 0.123 e. The van der Waals surface area contributed by atoms with Crippen LogP contribution in [0.4, 0.5) is 0 Å². The summed E-state index contributed by atoms with van der Waals surface area (Å²) >= 11 is 0. The zero-order valence-electron chi connectivity index (χ0n) is 10.3. The van der Waals surface area contributed by atoms with Crippen molar-refractivity contribution in [3.63, 3.8) is 0 Å². The van der Waals surface area contributed by atoms with Crippen molar-refractivity contribution in [2.75, 3.05) is 0 Å². The van der Waals surface area contributed by atoms with Gasteiger partial charge >= 0.3 is 0 Å². The molecule has 0 saturated carbocycles. The van der Waals surface area contributed by atoms with Crippen LogP contribution in [0.25, 0.3) is 0 Å². The number of phenolic OH excluding ortho intramolecular Hbond substituents is 1. The molecule has 0 spiro atoms. The molecular formula is C16H16O2. The van der Waals surface area contributed by atoms with E-state index in [4.69, 9.17) is 4.74 Å². The summed E-state index contributed by atoms with van der Waals surface area (Å²) in [6, 6.07) is 15.7. The average Bonchev–Trinajstić information content (AvgIpc) is 2.38. The van der Waals surface area contributed by atoms with Crippen molar-refractivity contribution in [1.29, 1.82) is 0 Å². The first-order chi connectivity index (χ1) is 8.74. The van der Waals surface area contributed by atoms with Crippen LogP contribution in [0.2, 0.25) is 0 Å². The summed E-state index contributed by atoms with van der Waals surface area (Å²) in [5.41, 5.74) is 2.47. The molecule has 0 radical (unpaired) electrons. The van der Waals surface area contributed by atoms with E-state index >= 15 is 0 Å². The number of aromatic hydroxyl groups is 1. The van der Waals surface area contributed by atoms with Crippen LogP contribution in [-0.4, -0.2) is 11.2 Å². The Hall–Kier alpha value is -1.96. The SMILES string of the molecule is CC1CC(c2ccc(O)cc2)c2ccccc2O1. The molecule has 2 atom stereocenters. The summed E-state index contributed by atoms with van der Waals surface area (Å²) in [7, 11) is 0. The van der Waals surface area contributed by atoms with Gasteiger partial charge in [0.1, 0.15) is 11.5 Å². The molecule has 2 aromatic carbocycles. The van der Waals surface area contributed by atoms with Gasteiger partial charge < -0.3 is 9.84 Å². The van der Waals surface area contributed by atoms with Crippen molar-refractivity contribution in [1.82, 2.24) is 0 Å². The molecule has 1 aliphatic rings. The van der Waals surface area contributed by atoms with Crippen molar-refractivity contribution in [2.24, 2.45) is 0 Å². The van der Waals surface area contributed by atoms with Gasteiger partial charge in [0.15, 0.2) is 0 Å². The van der Waals surface area contributed by atoms with Gasteiger partial charge in [-0.1, -0.05) is 30.3 Å². The molecule has 3 rings (SSSR count). The monoisotopic (exact) mass is 240 g/mol. The number of benzene rings is 2. The average molecular weight is 240 g/mol. The van der Waals surface area contributed by atoms with Gasteiger partial charge in [0.05, 0.1) is 6.10 Å². The molecule has 0 bridgehead atoms. The molecule has 1 heterocycles. The van der Waals surface area contributed by atoms with E-state index in [-0.39, 0.29) is 6.10 Å². The van der Waals surface area contributed by atoms with E-state index in [1.54, 1.807) is 12.1 Å². The van der Waals surface area contributed by atoms with Crippen molar-refractivity contribution in [2.45, 2.75) is 25.4 Å². The normalized spacial score (nSPS) is 22.1. The van der Waals surface area contributed by atoms with Crippen LogP contribution in [0.5, 0.6) is 11.5 Å². The second-order valence-corrected chi connectivity index (χ2v) is 4.85. The standard InChI is InChI=1S/C16H16O2/c1-11-10-15(12-6-8-13(17)9-7-12)14-4-2-3-5-16(14)18-11/h2-9,11,15,17H,10H2,1H3. The highest BCUT2D eigenvalue weighted by molar-refractivity contribution is 5.44. The summed E-state index contributed by atoms with van der Waals surface area (Å²) in [6.07, 6.45) is 1.20. The topological polar surface area (TPSA) is 29.5 Å². The Labute approximate surface area is 107 Å². The van der Waals surface area contributed by atoms with E-state index < -0.39 is 0 Å². The first kappa shape index (κ1) is 11.1. The first-order valence-electron chi connectivity index (χ1n) is 6.28. The van der Waals surface area contributed by atoms with Crippen LogP contribution in [0.1, 0.15) is 30.4 Å². The Balaban J connectivity index is 2.04. The van der Waals surface area contributed by atoms with Gasteiger partial charge in [-0.15, -0.1) is 0 Å². The molecule has 92 valence electrons. The molecule has 0 aliphatic carbocycles. The smallest absolute Gasteiger partial charge is 0.123 e. The fourth-order valence-electron chi connectivity index (χ4n) is 2.62. The molecule has 0 fully saturated rings. The van der Waals surface area contributed by atoms with Gasteiger partial charge in [0, 0.05) is 11.5 Å². The van der Waals surface area contributed by atoms with Crippen molar-refractivity contribution in [3.8, 4) is 11.5 Å². The number of hydrogen-bond donors (Lipinski definition) is 1. The van der Waals surface area contributed by atoms with Crippen molar-refractivity contribution < 1.29 is 9.84 Å². The Kier molecular flexibility index (Phi) is 2.71. The number of rotatable bonds is 1. The van der Waals surface area contributed by atoms with Gasteiger partial charge in [-0.2, -0.15) is 0 Å². The summed E-state index contributed by atoms with van der Waals surface area (Å²) in [4.78, 5) is 0. The Morgan fingerprint density at radius 3 is 2.56 bits per heavy atom. The first-order valence-corrected chi connectivity index (χ1v) is 6.28. The molecule has 18 heavy (non-hydrogen) atoms. The molecule has 1 aliphatic heterocycles. The fraction of sp³-hybridized carbons (Fsp3) is 0.250. The summed E-state index contributed by atoms with van der Waals surface area (Å²) in [5.74, 6) is 1.65. The van der Waals surface area contributed by atoms with E-state index in [9.17, 15) is 5.11 Å². The van der Waals surface area contributed by atoms with E-state index in [0.29, 0.717) is 11.7 Å². The molecule has 0 aromatic heterocycles. The second kappa shape index (κ2) is 4.37. The summed E-state index contributed by atoms with van der Waals surface area (Å²) in [5, 5.41) is 9.38. The number of para-hydroxylation sites is 1. The van der Waals surface area contributed by atoms with Gasteiger partial charge in [-0.3, -0.25) is 0 Å². The second-order valence-electron chi connectivity index (χ2n) is 4.85. The highest BCUT2D eigenvalue weighted by Crippen LogP contribution is 2.40. The largest absolute Gasteiger partial charge is 0.508 e. The van der Waals surface area contributed by atoms with Gasteiger partial charge in [-0.05, 0) is 37.1 Å². The molecule has 0 saturated heterocycles. The van der Waals surface area contributed by atoms with E-state index in [1.165, 1.54) is 11.1 Å². The van der Waals surface area contributed by atoms with Gasteiger partial charge in [0.25, 0.3) is 0 Å². The number of fused-ring (bicyclic) bond motifs is 1. The van der Waals surface area contributed by atoms with Crippen molar-refractivity contribution in [3.05, 3.63) is 59.7 Å². The fourth-order valence-corrected chi connectivity index (χ4v) is 2.62. The van der Waals surface area contributed by atoms with Gasteiger partial charge in [0.2, 0.25) is 0 Å². The third-order valence-corrected chi connectivity index (χ3v) is 3.49. The minimum absolute atomic E-state index is 0.221. The number of hydrogen-bond acceptors (Lipinski definition) is 2. The predicted molar refractivity (Wildman–Crippen MR) is 71.1 cm³/mol. The van der Waals surface area contributed by atoms with E-state index in [0.717, 1.165) is 12.2 Å². The van der Waals surface area contributed by atoms with Gasteiger partial charge in [-0.25, -0.2) is 0 Å². The molecule has 2 heteroatoms. The predicted octanol–water partition coefficient (Wildman–Crippen LogP) is 3.70. The quantitative estimate of drug-likeness (QED) is 0.823. The molecule has 1 N–H and O–H groups in total. The van der Waals surface area contributed by atoms with Crippen LogP contribution < -0.4 is 4.74 Å². The van der Waals surface area contributed by atoms with Crippen LogP contribution in [-0.2, 0) is 0 Å². The molecule has 0 amide bonds. The highest BCUT2D eigenvalue weighted by atomic mass is 16.5. The van der Waals surface area contributed by atoms with E-state index in [1.807, 2.05) is 30.3 Å². The summed E-state index contributed by atoms with van der Waals surface area (Å²) in [6.45, 7) is 2.10. The zero-order valence-corrected chi connectivity index (χ0v) is 10.3. The lowest BCUT2D eigenvalue weighted by molar-refractivity contribution is 0.183. The minimum Gasteiger partial charge on any atom is -0.508 e. The van der Waals surface area contributed by atoms with E-state index in [2.05, 4.69) is 13.0 Å². The summed E-state index contributed by atoms with van der Waals surface area (Å²) < 4.78 is 5.86. The lowest BCUT2D eigenvalue weighted by Gasteiger charge is -2.30. The highest BCUT2D eigenvalue weighted by Gasteiger charge is 2.26. The third-order valence-electron chi connectivity index (χ3n) is 3.49. The number of phenols is 1. The minimum atomic E-state index is 0.221. The Bertz CT molecular complexity index is 545. The maximum absolute atomic E-state index is 9.38. The van der Waals surface area contributed by atoms with Crippen molar-refractivity contribution >= 4 is 0 Å². The molecule has 2 nitrogen and oxygen atoms in total. The van der Waals surface area contributed by atoms with Crippen LogP contribution >= 0.6 is 0 Å². The van der Waals surface area contributed by atoms with Crippen LogP contribution in [0.15, 0.2) is 48.5 Å². The maximum atomic E-state index is 9.38. The molecular weight excluding hydrogens is 224 g/mol. The zero-order chi connectivity index (χ0) is 12.5.